The molecule has 4 rings (SSSR count). The number of thioether (sulfide) groups is 1. The number of sulfonamides is 1. The van der Waals surface area contributed by atoms with E-state index in [1.807, 2.05) is 97.3 Å². The van der Waals surface area contributed by atoms with Gasteiger partial charge in [0.1, 0.15) is 5.37 Å². The Labute approximate surface area is 218 Å². The van der Waals surface area contributed by atoms with E-state index in [4.69, 9.17) is 4.74 Å². The van der Waals surface area contributed by atoms with E-state index in [-0.39, 0.29) is 5.92 Å². The zero-order valence-electron chi connectivity index (χ0n) is 20.9. The van der Waals surface area contributed by atoms with Gasteiger partial charge in [-0.05, 0) is 17.7 Å². The molecule has 3 atom stereocenters. The van der Waals surface area contributed by atoms with Crippen LogP contribution in [0.15, 0.2) is 91.0 Å². The van der Waals surface area contributed by atoms with Crippen LogP contribution in [0.1, 0.15) is 36.6 Å². The second-order valence-corrected chi connectivity index (χ2v) is 12.1. The van der Waals surface area contributed by atoms with Gasteiger partial charge in [-0.15, -0.1) is 11.8 Å². The highest BCUT2D eigenvalue weighted by Crippen LogP contribution is 2.50. The molecular formula is C28H32N2O4S2. The Morgan fingerprint density at radius 1 is 0.889 bits per heavy atom. The average Bonchev–Trinajstić information content (AvgIpc) is 3.19. The van der Waals surface area contributed by atoms with Gasteiger partial charge in [0, 0.05) is 11.1 Å². The van der Waals surface area contributed by atoms with Gasteiger partial charge in [-0.25, -0.2) is 17.9 Å². The number of amides is 1. The van der Waals surface area contributed by atoms with Crippen molar-refractivity contribution in [1.29, 1.82) is 0 Å². The van der Waals surface area contributed by atoms with Gasteiger partial charge in [-0.3, -0.25) is 4.90 Å². The van der Waals surface area contributed by atoms with Gasteiger partial charge in [0.15, 0.2) is 5.60 Å². The molecule has 0 saturated carbocycles. The fourth-order valence-corrected chi connectivity index (χ4v) is 6.96. The van der Waals surface area contributed by atoms with Crippen LogP contribution in [0.2, 0.25) is 0 Å². The fourth-order valence-electron chi connectivity index (χ4n) is 5.20. The summed E-state index contributed by atoms with van der Waals surface area (Å²) in [6.45, 7) is 4.14. The van der Waals surface area contributed by atoms with E-state index in [2.05, 4.69) is 18.6 Å². The van der Waals surface area contributed by atoms with Crippen LogP contribution in [0.5, 0.6) is 0 Å². The number of carbonyl (C=O) groups is 1. The Bertz CT molecular complexity index is 1230. The maximum absolute atomic E-state index is 13.9. The van der Waals surface area contributed by atoms with Crippen LogP contribution in [0.4, 0.5) is 4.79 Å². The minimum absolute atomic E-state index is 0.0128. The summed E-state index contributed by atoms with van der Waals surface area (Å²) in [6.07, 6.45) is 2.55. The molecule has 1 fully saturated rings. The van der Waals surface area contributed by atoms with E-state index >= 15 is 0 Å². The molecule has 6 nitrogen and oxygen atoms in total. The van der Waals surface area contributed by atoms with Crippen LogP contribution in [0.25, 0.3) is 0 Å². The van der Waals surface area contributed by atoms with Crippen molar-refractivity contribution in [2.24, 2.45) is 5.92 Å². The van der Waals surface area contributed by atoms with Crippen molar-refractivity contribution in [1.82, 2.24) is 9.62 Å². The molecule has 1 aliphatic heterocycles. The Morgan fingerprint density at radius 3 is 1.78 bits per heavy atom. The van der Waals surface area contributed by atoms with Crippen molar-refractivity contribution in [3.63, 3.8) is 0 Å². The van der Waals surface area contributed by atoms with Gasteiger partial charge in [0.2, 0.25) is 10.0 Å². The summed E-state index contributed by atoms with van der Waals surface area (Å²) < 4.78 is 34.1. The van der Waals surface area contributed by atoms with Crippen LogP contribution < -0.4 is 4.72 Å². The number of nitrogens with zero attached hydrogens (tertiary/aromatic N) is 1. The van der Waals surface area contributed by atoms with Crippen molar-refractivity contribution in [3.8, 4) is 0 Å². The molecule has 0 unspecified atom stereocenters. The Morgan fingerprint density at radius 2 is 1.36 bits per heavy atom. The predicted octanol–water partition coefficient (Wildman–Crippen LogP) is 5.39. The molecule has 3 aromatic carbocycles. The monoisotopic (exact) mass is 524 g/mol. The molecule has 1 heterocycles. The van der Waals surface area contributed by atoms with Gasteiger partial charge in [0.05, 0.1) is 18.3 Å². The van der Waals surface area contributed by atoms with Crippen molar-refractivity contribution in [2.75, 3.05) is 12.5 Å². The molecule has 3 aromatic rings. The van der Waals surface area contributed by atoms with Crippen molar-refractivity contribution in [3.05, 3.63) is 108 Å². The number of rotatable bonds is 9. The average molecular weight is 525 g/mol. The molecule has 1 aliphatic rings. The van der Waals surface area contributed by atoms with Crippen LogP contribution in [0, 0.1) is 5.92 Å². The van der Waals surface area contributed by atoms with E-state index in [9.17, 15) is 13.2 Å². The molecular weight excluding hydrogens is 492 g/mol. The van der Waals surface area contributed by atoms with E-state index < -0.39 is 39.2 Å². The van der Waals surface area contributed by atoms with Gasteiger partial charge in [0.25, 0.3) is 0 Å². The number of hydrogen-bond donors (Lipinski definition) is 1. The molecule has 0 bridgehead atoms. The number of nitrogens with one attached hydrogen (secondary N) is 1. The molecule has 1 amide bonds. The first kappa shape index (κ1) is 26.3. The van der Waals surface area contributed by atoms with E-state index in [1.54, 1.807) is 4.90 Å². The summed E-state index contributed by atoms with van der Waals surface area (Å²) in [5.74, 6) is -0.0128. The van der Waals surface area contributed by atoms with Crippen molar-refractivity contribution in [2.45, 2.75) is 36.9 Å². The summed E-state index contributed by atoms with van der Waals surface area (Å²) in [5.41, 5.74) is 1.46. The third-order valence-electron chi connectivity index (χ3n) is 6.51. The smallest absolute Gasteiger partial charge is 0.412 e. The molecule has 36 heavy (non-hydrogen) atoms. The second kappa shape index (κ2) is 10.7. The highest BCUT2D eigenvalue weighted by Gasteiger charge is 2.59. The standard InChI is InChI=1S/C28H32N2O4S2/c1-20(2)25-28(22-16-10-6-11-17-22,23-18-12-7-13-19-23)34-27(31)30(25)26(35-3)24(29-36(4,32)33)21-14-8-5-9-15-21/h5-20,24-26,29H,1-4H3/t24-,25-,26-/m0/s1. The summed E-state index contributed by atoms with van der Waals surface area (Å²) in [5, 5.41) is -0.559. The SMILES string of the molecule is CS[C@@H]([C@@H](NS(C)(=O)=O)c1ccccc1)N1C(=O)OC(c2ccccc2)(c2ccccc2)[C@@H]1C(C)C. The maximum atomic E-state index is 13.9. The first-order valence-electron chi connectivity index (χ1n) is 11.9. The Hall–Kier alpha value is -2.81. The molecule has 0 radical (unpaired) electrons. The molecule has 8 heteroatoms. The number of ether oxygens (including phenoxy) is 1. The molecule has 1 N–H and O–H groups in total. The lowest BCUT2D eigenvalue weighted by atomic mass is 9.75. The van der Waals surface area contributed by atoms with Crippen LogP contribution in [-0.4, -0.2) is 43.3 Å². The Kier molecular flexibility index (Phi) is 7.78. The molecule has 0 aromatic heterocycles. The largest absolute Gasteiger partial charge is 0.431 e. The second-order valence-electron chi connectivity index (χ2n) is 9.34. The first-order chi connectivity index (χ1) is 17.2. The first-order valence-corrected chi connectivity index (χ1v) is 15.0. The van der Waals surface area contributed by atoms with E-state index in [0.717, 1.165) is 22.9 Å². The maximum Gasteiger partial charge on any atom is 0.412 e. The minimum atomic E-state index is -3.59. The van der Waals surface area contributed by atoms with Gasteiger partial charge in [-0.2, -0.15) is 0 Å². The summed E-state index contributed by atoms with van der Waals surface area (Å²) in [7, 11) is -3.59. The molecule has 1 saturated heterocycles. The number of cyclic esters (lactones) is 1. The topological polar surface area (TPSA) is 75.7 Å². The summed E-state index contributed by atoms with van der Waals surface area (Å²) >= 11 is 1.42. The highest BCUT2D eigenvalue weighted by molar-refractivity contribution is 7.99. The van der Waals surface area contributed by atoms with Crippen LogP contribution in [-0.2, 0) is 20.4 Å². The summed E-state index contributed by atoms with van der Waals surface area (Å²) in [6, 6.07) is 27.9. The normalized spacial score (nSPS) is 19.2. The quantitative estimate of drug-likeness (QED) is 0.406. The van der Waals surface area contributed by atoms with Crippen LogP contribution in [0.3, 0.4) is 0 Å². The lowest BCUT2D eigenvalue weighted by Crippen LogP contribution is -2.53. The molecule has 190 valence electrons. The molecule has 0 spiro atoms. The lowest BCUT2D eigenvalue weighted by molar-refractivity contribution is 0.0538. The van der Waals surface area contributed by atoms with Crippen LogP contribution >= 0.6 is 11.8 Å². The zero-order chi connectivity index (χ0) is 25.9. The van der Waals surface area contributed by atoms with Gasteiger partial charge >= 0.3 is 6.09 Å². The predicted molar refractivity (Wildman–Crippen MR) is 145 cm³/mol. The van der Waals surface area contributed by atoms with Gasteiger partial charge < -0.3 is 4.74 Å². The fraction of sp³-hybridized carbons (Fsp3) is 0.321. The Balaban J connectivity index is 1.92. The number of carbonyl (C=O) groups excluding carboxylic acids is 1. The third kappa shape index (κ3) is 5.03. The van der Waals surface area contributed by atoms with Crippen molar-refractivity contribution >= 4 is 27.9 Å². The number of benzene rings is 3. The zero-order valence-corrected chi connectivity index (χ0v) is 22.5. The van der Waals surface area contributed by atoms with Gasteiger partial charge in [-0.1, -0.05) is 105 Å². The van der Waals surface area contributed by atoms with Crippen molar-refractivity contribution < 1.29 is 17.9 Å². The van der Waals surface area contributed by atoms with E-state index in [1.165, 1.54) is 11.8 Å². The highest BCUT2D eigenvalue weighted by atomic mass is 32.2. The minimum Gasteiger partial charge on any atom is -0.431 e. The lowest BCUT2D eigenvalue weighted by Gasteiger charge is -2.42. The summed E-state index contributed by atoms with van der Waals surface area (Å²) in [4.78, 5) is 15.6. The van der Waals surface area contributed by atoms with E-state index in [0.29, 0.717) is 0 Å². The third-order valence-corrected chi connectivity index (χ3v) is 8.18. The number of hydrogen-bond acceptors (Lipinski definition) is 5. The molecule has 0 aliphatic carbocycles.